The summed E-state index contributed by atoms with van der Waals surface area (Å²) in [5.41, 5.74) is 1.63. The van der Waals surface area contributed by atoms with Gasteiger partial charge in [-0.05, 0) is 25.0 Å². The lowest BCUT2D eigenvalue weighted by molar-refractivity contribution is 0.416. The Hall–Kier alpha value is -2.50. The van der Waals surface area contributed by atoms with Crippen LogP contribution in [0, 0.1) is 0 Å². The van der Waals surface area contributed by atoms with Gasteiger partial charge in [-0.25, -0.2) is 4.98 Å². The molecule has 106 valence electrons. The number of pyridine rings is 1. The Bertz CT molecular complexity index is 728. The first-order valence-corrected chi connectivity index (χ1v) is 7.20. The van der Waals surface area contributed by atoms with E-state index < -0.39 is 0 Å². The number of hydrogen-bond acceptors (Lipinski definition) is 5. The SMILES string of the molecule is c1cc(-c2nc(C3CCCC3)no2)cc(-c2ncc[nH]2)n1. The molecule has 0 spiro atoms. The van der Waals surface area contributed by atoms with E-state index in [0.717, 1.165) is 35.7 Å². The maximum Gasteiger partial charge on any atom is 0.258 e. The molecule has 21 heavy (non-hydrogen) atoms. The Morgan fingerprint density at radius 2 is 2.05 bits per heavy atom. The molecule has 0 atom stereocenters. The van der Waals surface area contributed by atoms with Gasteiger partial charge in [0.1, 0.15) is 5.69 Å². The molecule has 0 saturated heterocycles. The van der Waals surface area contributed by atoms with Gasteiger partial charge in [0.2, 0.25) is 0 Å². The number of nitrogens with zero attached hydrogens (tertiary/aromatic N) is 4. The van der Waals surface area contributed by atoms with E-state index in [2.05, 4.69) is 25.1 Å². The van der Waals surface area contributed by atoms with Crippen molar-refractivity contribution in [3.8, 4) is 23.0 Å². The number of nitrogens with one attached hydrogen (secondary N) is 1. The predicted molar refractivity (Wildman–Crippen MR) is 76.3 cm³/mol. The highest BCUT2D eigenvalue weighted by atomic mass is 16.5. The van der Waals surface area contributed by atoms with Crippen molar-refractivity contribution >= 4 is 0 Å². The van der Waals surface area contributed by atoms with Crippen LogP contribution in [0.4, 0.5) is 0 Å². The molecular weight excluding hydrogens is 266 g/mol. The minimum atomic E-state index is 0.453. The zero-order valence-corrected chi connectivity index (χ0v) is 11.5. The molecule has 3 aromatic rings. The minimum absolute atomic E-state index is 0.453. The van der Waals surface area contributed by atoms with Crippen molar-refractivity contribution in [2.24, 2.45) is 0 Å². The standard InChI is InChI=1S/C15H15N5O/c1-2-4-10(3-1)13-19-15(21-20-13)11-5-6-16-12(9-11)14-17-7-8-18-14/h5-10H,1-4H2,(H,17,18). The molecule has 0 bridgehead atoms. The normalized spacial score (nSPS) is 15.6. The van der Waals surface area contributed by atoms with Gasteiger partial charge in [-0.1, -0.05) is 18.0 Å². The fraction of sp³-hybridized carbons (Fsp3) is 0.333. The number of rotatable bonds is 3. The van der Waals surface area contributed by atoms with Gasteiger partial charge in [0.05, 0.1) is 0 Å². The fourth-order valence-electron chi connectivity index (χ4n) is 2.80. The zero-order chi connectivity index (χ0) is 14.1. The smallest absolute Gasteiger partial charge is 0.258 e. The highest BCUT2D eigenvalue weighted by molar-refractivity contribution is 5.61. The Balaban J connectivity index is 1.65. The summed E-state index contributed by atoms with van der Waals surface area (Å²) in [6.45, 7) is 0. The van der Waals surface area contributed by atoms with Crippen molar-refractivity contribution in [3.05, 3.63) is 36.5 Å². The lowest BCUT2D eigenvalue weighted by Crippen LogP contribution is -1.94. The third-order valence-electron chi connectivity index (χ3n) is 3.91. The average molecular weight is 281 g/mol. The van der Waals surface area contributed by atoms with Crippen molar-refractivity contribution < 1.29 is 4.52 Å². The summed E-state index contributed by atoms with van der Waals surface area (Å²) in [7, 11) is 0. The van der Waals surface area contributed by atoms with E-state index in [1.807, 2.05) is 12.1 Å². The number of imidazole rings is 1. The molecule has 1 N–H and O–H groups in total. The van der Waals surface area contributed by atoms with Crippen LogP contribution in [-0.2, 0) is 0 Å². The second-order valence-electron chi connectivity index (χ2n) is 5.31. The van der Waals surface area contributed by atoms with Crippen LogP contribution in [0.5, 0.6) is 0 Å². The number of aromatic nitrogens is 5. The minimum Gasteiger partial charge on any atom is -0.343 e. The summed E-state index contributed by atoms with van der Waals surface area (Å²) < 4.78 is 5.42. The summed E-state index contributed by atoms with van der Waals surface area (Å²) in [4.78, 5) is 16.1. The average Bonchev–Trinajstić information content (AvgIpc) is 3.26. The van der Waals surface area contributed by atoms with Crippen LogP contribution in [0.15, 0.2) is 35.2 Å². The van der Waals surface area contributed by atoms with E-state index in [0.29, 0.717) is 11.8 Å². The van der Waals surface area contributed by atoms with Crippen LogP contribution < -0.4 is 0 Å². The molecule has 0 aromatic carbocycles. The molecule has 0 radical (unpaired) electrons. The molecule has 3 aromatic heterocycles. The Labute approximate surface area is 121 Å². The first-order valence-electron chi connectivity index (χ1n) is 7.20. The van der Waals surface area contributed by atoms with E-state index in [1.54, 1.807) is 18.6 Å². The molecule has 0 unspecified atom stereocenters. The van der Waals surface area contributed by atoms with Crippen LogP contribution in [0.1, 0.15) is 37.4 Å². The maximum absolute atomic E-state index is 5.42. The van der Waals surface area contributed by atoms with Crippen LogP contribution in [0.25, 0.3) is 23.0 Å². The largest absolute Gasteiger partial charge is 0.343 e. The summed E-state index contributed by atoms with van der Waals surface area (Å²) >= 11 is 0. The van der Waals surface area contributed by atoms with Gasteiger partial charge >= 0.3 is 0 Å². The van der Waals surface area contributed by atoms with Crippen LogP contribution >= 0.6 is 0 Å². The van der Waals surface area contributed by atoms with Crippen LogP contribution in [-0.4, -0.2) is 25.1 Å². The van der Waals surface area contributed by atoms with E-state index in [1.165, 1.54) is 12.8 Å². The van der Waals surface area contributed by atoms with Crippen molar-refractivity contribution in [3.63, 3.8) is 0 Å². The molecule has 4 rings (SSSR count). The second kappa shape index (κ2) is 5.12. The van der Waals surface area contributed by atoms with Crippen molar-refractivity contribution in [1.82, 2.24) is 25.1 Å². The first kappa shape index (κ1) is 12.3. The van der Waals surface area contributed by atoms with Gasteiger partial charge < -0.3 is 9.51 Å². The number of hydrogen-bond donors (Lipinski definition) is 1. The highest BCUT2D eigenvalue weighted by Gasteiger charge is 2.22. The lowest BCUT2D eigenvalue weighted by Gasteiger charge is -2.00. The quantitative estimate of drug-likeness (QED) is 0.797. The number of aromatic amines is 1. The van der Waals surface area contributed by atoms with Gasteiger partial charge in [0.15, 0.2) is 11.6 Å². The van der Waals surface area contributed by atoms with Gasteiger partial charge in [-0.3, -0.25) is 4.98 Å². The Kier molecular flexibility index (Phi) is 2.99. The molecule has 6 nitrogen and oxygen atoms in total. The molecule has 1 aliphatic carbocycles. The highest BCUT2D eigenvalue weighted by Crippen LogP contribution is 2.33. The molecular formula is C15H15N5O. The summed E-state index contributed by atoms with van der Waals surface area (Å²) in [5.74, 6) is 2.56. The summed E-state index contributed by atoms with van der Waals surface area (Å²) in [5, 5.41) is 4.14. The van der Waals surface area contributed by atoms with Crippen LogP contribution in [0.3, 0.4) is 0 Å². The van der Waals surface area contributed by atoms with Crippen molar-refractivity contribution in [2.75, 3.05) is 0 Å². The van der Waals surface area contributed by atoms with Crippen molar-refractivity contribution in [1.29, 1.82) is 0 Å². The molecule has 0 aliphatic heterocycles. The Morgan fingerprint density at radius 3 is 2.86 bits per heavy atom. The molecule has 6 heteroatoms. The van der Waals surface area contributed by atoms with Crippen LogP contribution in [0.2, 0.25) is 0 Å². The predicted octanol–water partition coefficient (Wildman–Crippen LogP) is 3.18. The molecule has 0 amide bonds. The van der Waals surface area contributed by atoms with E-state index in [9.17, 15) is 0 Å². The van der Waals surface area contributed by atoms with E-state index in [-0.39, 0.29) is 0 Å². The Morgan fingerprint density at radius 1 is 1.14 bits per heavy atom. The molecule has 1 saturated carbocycles. The van der Waals surface area contributed by atoms with Gasteiger partial charge in [-0.2, -0.15) is 4.98 Å². The summed E-state index contributed by atoms with van der Waals surface area (Å²) in [6.07, 6.45) is 10.0. The monoisotopic (exact) mass is 281 g/mol. The van der Waals surface area contributed by atoms with Crippen molar-refractivity contribution in [2.45, 2.75) is 31.6 Å². The molecule has 3 heterocycles. The lowest BCUT2D eigenvalue weighted by atomic mass is 10.1. The van der Waals surface area contributed by atoms with E-state index in [4.69, 9.17) is 4.52 Å². The first-order chi connectivity index (χ1) is 10.4. The molecule has 1 aliphatic rings. The third kappa shape index (κ3) is 2.33. The van der Waals surface area contributed by atoms with Gasteiger partial charge in [0, 0.05) is 30.1 Å². The van der Waals surface area contributed by atoms with E-state index >= 15 is 0 Å². The number of H-pyrrole nitrogens is 1. The zero-order valence-electron chi connectivity index (χ0n) is 11.5. The fourth-order valence-corrected chi connectivity index (χ4v) is 2.80. The summed E-state index contributed by atoms with van der Waals surface area (Å²) in [6, 6.07) is 3.78. The van der Waals surface area contributed by atoms with Gasteiger partial charge in [-0.15, -0.1) is 0 Å². The second-order valence-corrected chi connectivity index (χ2v) is 5.31. The topological polar surface area (TPSA) is 80.5 Å². The third-order valence-corrected chi connectivity index (χ3v) is 3.91. The van der Waals surface area contributed by atoms with Gasteiger partial charge in [0.25, 0.3) is 5.89 Å². The molecule has 1 fully saturated rings. The maximum atomic E-state index is 5.42.